The van der Waals surface area contributed by atoms with Crippen LogP contribution in [0.2, 0.25) is 0 Å². The third-order valence-electron chi connectivity index (χ3n) is 1.63. The molecule has 2 N–H and O–H groups in total. The number of carbonyl (C=O) groups excluding carboxylic acids is 1. The first-order chi connectivity index (χ1) is 5.31. The van der Waals surface area contributed by atoms with Crippen LogP contribution in [0.1, 0.15) is 45.4 Å². The van der Waals surface area contributed by atoms with Crippen molar-refractivity contribution in [1.82, 2.24) is 5.48 Å². The van der Waals surface area contributed by atoms with Crippen LogP contribution in [0.3, 0.4) is 0 Å². The average molecular weight is 198 g/mol. The smallest absolute Gasteiger partial charge is 0.289 e. The van der Waals surface area contributed by atoms with E-state index >= 15 is 0 Å². The number of carbonyl (C=O) groups is 1. The number of hydroxylamine groups is 1. The maximum Gasteiger partial charge on any atom is 1.00 e. The Kier molecular flexibility index (Phi) is 15.6. The van der Waals surface area contributed by atoms with Crippen molar-refractivity contribution in [3.8, 4) is 0 Å². The average Bonchev–Trinajstić information content (AvgIpc) is 2.04. The summed E-state index contributed by atoms with van der Waals surface area (Å²) in [5, 5.41) is 8.14. The number of amides is 1. The van der Waals surface area contributed by atoms with Crippen LogP contribution in [-0.2, 0) is 4.79 Å². The van der Waals surface area contributed by atoms with E-state index in [1.54, 1.807) is 5.48 Å². The minimum Gasteiger partial charge on any atom is -0.289 e. The number of rotatable bonds is 6. The van der Waals surface area contributed by atoms with Crippen LogP contribution in [0.25, 0.3) is 0 Å². The minimum atomic E-state index is -0.276. The Morgan fingerprint density at radius 1 is 1.25 bits per heavy atom. The third kappa shape index (κ3) is 11.1. The molecule has 4 heteroatoms. The number of hydrogen-bond donors (Lipinski definition) is 2. The standard InChI is InChI=1S/C8H17NO2.K/c1-2-3-4-5-6-7-8(10)9-11;/h11H,2-7H2,1H3,(H,9,10);/q;+1. The molecular formula is C8H17KNO2+. The van der Waals surface area contributed by atoms with E-state index in [0.29, 0.717) is 6.42 Å². The molecule has 0 aliphatic heterocycles. The molecule has 66 valence electrons. The Morgan fingerprint density at radius 3 is 2.33 bits per heavy atom. The molecule has 0 radical (unpaired) electrons. The van der Waals surface area contributed by atoms with E-state index in [9.17, 15) is 4.79 Å². The van der Waals surface area contributed by atoms with Crippen molar-refractivity contribution in [2.75, 3.05) is 0 Å². The molecule has 0 unspecified atom stereocenters. The van der Waals surface area contributed by atoms with Crippen LogP contribution in [0, 0.1) is 0 Å². The van der Waals surface area contributed by atoms with Crippen molar-refractivity contribution < 1.29 is 61.4 Å². The monoisotopic (exact) mass is 198 g/mol. The fourth-order valence-electron chi connectivity index (χ4n) is 0.945. The van der Waals surface area contributed by atoms with Gasteiger partial charge in [-0.15, -0.1) is 0 Å². The summed E-state index contributed by atoms with van der Waals surface area (Å²) in [6.45, 7) is 2.15. The Labute approximate surface area is 117 Å². The topological polar surface area (TPSA) is 49.3 Å². The predicted molar refractivity (Wildman–Crippen MR) is 43.3 cm³/mol. The normalized spacial score (nSPS) is 8.83. The Bertz CT molecular complexity index is 109. The maximum absolute atomic E-state index is 10.5. The second-order valence-electron chi connectivity index (χ2n) is 2.70. The van der Waals surface area contributed by atoms with Gasteiger partial charge in [0.05, 0.1) is 0 Å². The molecule has 0 aromatic rings. The first-order valence-corrected chi connectivity index (χ1v) is 4.24. The van der Waals surface area contributed by atoms with Crippen LogP contribution >= 0.6 is 0 Å². The molecule has 1 amide bonds. The number of hydrogen-bond acceptors (Lipinski definition) is 2. The summed E-state index contributed by atoms with van der Waals surface area (Å²) in [6, 6.07) is 0. The maximum atomic E-state index is 10.5. The van der Waals surface area contributed by atoms with Crippen LogP contribution in [0.15, 0.2) is 0 Å². The molecule has 0 heterocycles. The minimum absolute atomic E-state index is 0. The van der Waals surface area contributed by atoms with Crippen molar-refractivity contribution >= 4 is 5.91 Å². The van der Waals surface area contributed by atoms with Crippen LogP contribution in [0.4, 0.5) is 0 Å². The zero-order valence-corrected chi connectivity index (χ0v) is 11.2. The molecule has 0 bridgehead atoms. The summed E-state index contributed by atoms with van der Waals surface area (Å²) < 4.78 is 0. The Morgan fingerprint density at radius 2 is 1.83 bits per heavy atom. The second-order valence-corrected chi connectivity index (χ2v) is 2.70. The van der Waals surface area contributed by atoms with Crippen molar-refractivity contribution in [3.63, 3.8) is 0 Å². The zero-order valence-electron chi connectivity index (χ0n) is 8.10. The molecule has 0 aromatic carbocycles. The molecule has 0 fully saturated rings. The van der Waals surface area contributed by atoms with E-state index in [0.717, 1.165) is 12.8 Å². The summed E-state index contributed by atoms with van der Waals surface area (Å²) in [7, 11) is 0. The summed E-state index contributed by atoms with van der Waals surface area (Å²) in [5.74, 6) is -0.276. The van der Waals surface area contributed by atoms with E-state index < -0.39 is 0 Å². The molecular weight excluding hydrogens is 181 g/mol. The molecule has 3 nitrogen and oxygen atoms in total. The summed E-state index contributed by atoms with van der Waals surface area (Å²) in [5.41, 5.74) is 1.62. The molecule has 0 atom stereocenters. The van der Waals surface area contributed by atoms with E-state index in [-0.39, 0.29) is 57.3 Å². The molecule has 0 spiro atoms. The van der Waals surface area contributed by atoms with Crippen molar-refractivity contribution in [2.24, 2.45) is 0 Å². The van der Waals surface area contributed by atoms with Gasteiger partial charge in [-0.3, -0.25) is 10.0 Å². The molecule has 0 saturated carbocycles. The summed E-state index contributed by atoms with van der Waals surface area (Å²) >= 11 is 0. The van der Waals surface area contributed by atoms with E-state index in [2.05, 4.69) is 6.92 Å². The van der Waals surface area contributed by atoms with Gasteiger partial charge in [-0.1, -0.05) is 32.6 Å². The molecule has 0 aromatic heterocycles. The van der Waals surface area contributed by atoms with Gasteiger partial charge < -0.3 is 0 Å². The van der Waals surface area contributed by atoms with Crippen LogP contribution < -0.4 is 56.9 Å². The van der Waals surface area contributed by atoms with Gasteiger partial charge in [0.15, 0.2) is 0 Å². The largest absolute Gasteiger partial charge is 1.00 e. The molecule has 0 aliphatic carbocycles. The zero-order chi connectivity index (χ0) is 8.53. The van der Waals surface area contributed by atoms with Gasteiger partial charge in [-0.25, -0.2) is 5.48 Å². The van der Waals surface area contributed by atoms with Gasteiger partial charge in [0.25, 0.3) is 0 Å². The van der Waals surface area contributed by atoms with Crippen molar-refractivity contribution in [2.45, 2.75) is 45.4 Å². The first-order valence-electron chi connectivity index (χ1n) is 4.24. The third-order valence-corrected chi connectivity index (χ3v) is 1.63. The second kappa shape index (κ2) is 12.1. The fraction of sp³-hybridized carbons (Fsp3) is 0.875. The Hall–Kier alpha value is 1.07. The van der Waals surface area contributed by atoms with Gasteiger partial charge in [0, 0.05) is 6.42 Å². The van der Waals surface area contributed by atoms with Gasteiger partial charge in [0.1, 0.15) is 0 Å². The molecule has 12 heavy (non-hydrogen) atoms. The SMILES string of the molecule is CCCCCCCC(=O)NO.[K+]. The van der Waals surface area contributed by atoms with Crippen LogP contribution in [0.5, 0.6) is 0 Å². The fourth-order valence-corrected chi connectivity index (χ4v) is 0.945. The molecule has 0 aliphatic rings. The number of unbranched alkanes of at least 4 members (excludes halogenated alkanes) is 4. The van der Waals surface area contributed by atoms with Gasteiger partial charge in [-0.05, 0) is 6.42 Å². The number of nitrogens with one attached hydrogen (secondary N) is 1. The summed E-state index contributed by atoms with van der Waals surface area (Å²) in [4.78, 5) is 10.5. The Balaban J connectivity index is 0. The quantitative estimate of drug-likeness (QED) is 0.245. The van der Waals surface area contributed by atoms with Crippen LogP contribution in [-0.4, -0.2) is 11.1 Å². The van der Waals surface area contributed by atoms with Gasteiger partial charge in [-0.2, -0.15) is 0 Å². The van der Waals surface area contributed by atoms with Gasteiger partial charge >= 0.3 is 51.4 Å². The van der Waals surface area contributed by atoms with E-state index in [1.807, 2.05) is 0 Å². The van der Waals surface area contributed by atoms with Crippen molar-refractivity contribution in [1.29, 1.82) is 0 Å². The van der Waals surface area contributed by atoms with Crippen molar-refractivity contribution in [3.05, 3.63) is 0 Å². The van der Waals surface area contributed by atoms with E-state index in [4.69, 9.17) is 5.21 Å². The molecule has 0 rings (SSSR count). The van der Waals surface area contributed by atoms with Gasteiger partial charge in [0.2, 0.25) is 5.91 Å². The first kappa shape index (κ1) is 15.5. The van der Waals surface area contributed by atoms with E-state index in [1.165, 1.54) is 19.3 Å². The predicted octanol–water partition coefficient (Wildman–Crippen LogP) is -1.14. The summed E-state index contributed by atoms with van der Waals surface area (Å²) in [6.07, 6.45) is 6.05. The molecule has 0 saturated heterocycles.